The number of nitrogens with zero attached hydrogens (tertiary/aromatic N) is 2. The van der Waals surface area contributed by atoms with Crippen molar-refractivity contribution in [2.45, 2.75) is 13.0 Å². The topological polar surface area (TPSA) is 119 Å². The average molecular weight is 187 g/mol. The van der Waals surface area contributed by atoms with Gasteiger partial charge in [0.2, 0.25) is 6.04 Å². The summed E-state index contributed by atoms with van der Waals surface area (Å²) >= 11 is 0. The molecule has 0 saturated carbocycles. The fraction of sp³-hybridized carbons (Fsp3) is 0.333. The maximum Gasteiger partial charge on any atom is 0.270 e. The van der Waals surface area contributed by atoms with Gasteiger partial charge in [0.05, 0.1) is 0 Å². The molecular formula is C6H9N3O4. The van der Waals surface area contributed by atoms with E-state index >= 15 is 0 Å². The number of hydrogen-bond acceptors (Lipinski definition) is 5. The molecule has 13 heavy (non-hydrogen) atoms. The van der Waals surface area contributed by atoms with Gasteiger partial charge in [0.15, 0.2) is 5.71 Å². The van der Waals surface area contributed by atoms with E-state index in [0.29, 0.717) is 0 Å². The van der Waals surface area contributed by atoms with Gasteiger partial charge in [-0.1, -0.05) is 5.16 Å². The molecule has 0 aromatic rings. The van der Waals surface area contributed by atoms with Gasteiger partial charge in [0, 0.05) is 11.8 Å². The summed E-state index contributed by atoms with van der Waals surface area (Å²) in [6.45, 7) is 1.31. The van der Waals surface area contributed by atoms with E-state index in [0.717, 1.165) is 12.2 Å². The van der Waals surface area contributed by atoms with Crippen LogP contribution in [0.25, 0.3) is 0 Å². The highest BCUT2D eigenvalue weighted by molar-refractivity contribution is 6.42. The standard InChI is InChI=1S/C6H9N3O4/c1-4(9(12)13)2-3-5(8-11)6(7)10/h2-4,11H,1H3,(H2,7,10). The molecule has 0 aliphatic carbocycles. The van der Waals surface area contributed by atoms with Gasteiger partial charge >= 0.3 is 0 Å². The monoisotopic (exact) mass is 187 g/mol. The lowest BCUT2D eigenvalue weighted by molar-refractivity contribution is -0.504. The van der Waals surface area contributed by atoms with Crippen LogP contribution >= 0.6 is 0 Å². The summed E-state index contributed by atoms with van der Waals surface area (Å²) < 4.78 is 0. The minimum Gasteiger partial charge on any atom is -0.410 e. The Hall–Kier alpha value is -1.92. The van der Waals surface area contributed by atoms with E-state index in [4.69, 9.17) is 10.9 Å². The Bertz CT molecular complexity index is 271. The first-order valence-corrected chi connectivity index (χ1v) is 3.32. The van der Waals surface area contributed by atoms with E-state index < -0.39 is 22.6 Å². The van der Waals surface area contributed by atoms with E-state index in [2.05, 4.69) is 5.16 Å². The molecule has 7 nitrogen and oxygen atoms in total. The van der Waals surface area contributed by atoms with Crippen molar-refractivity contribution in [2.24, 2.45) is 10.9 Å². The minimum atomic E-state index is -0.962. The second-order valence-electron chi connectivity index (χ2n) is 2.23. The van der Waals surface area contributed by atoms with Crippen LogP contribution in [0.15, 0.2) is 17.3 Å². The van der Waals surface area contributed by atoms with Crippen molar-refractivity contribution < 1.29 is 14.9 Å². The first kappa shape index (κ1) is 11.1. The minimum absolute atomic E-state index is 0.422. The molecule has 0 fully saturated rings. The Labute approximate surface area is 73.7 Å². The maximum atomic E-state index is 10.4. The summed E-state index contributed by atoms with van der Waals surface area (Å²) in [5.74, 6) is -0.950. The zero-order valence-electron chi connectivity index (χ0n) is 6.88. The van der Waals surface area contributed by atoms with Gasteiger partial charge in [-0.15, -0.1) is 0 Å². The summed E-state index contributed by atoms with van der Waals surface area (Å²) in [6, 6.07) is -0.962. The van der Waals surface area contributed by atoms with Crippen molar-refractivity contribution in [3.63, 3.8) is 0 Å². The van der Waals surface area contributed by atoms with E-state index in [1.54, 1.807) is 0 Å². The SMILES string of the molecule is CC(C=CC(=NO)C(N)=O)[N+](=O)[O-]. The predicted molar refractivity (Wildman–Crippen MR) is 44.0 cm³/mol. The van der Waals surface area contributed by atoms with Crippen molar-refractivity contribution in [1.29, 1.82) is 0 Å². The molecule has 0 aliphatic rings. The molecule has 1 amide bonds. The zero-order valence-corrected chi connectivity index (χ0v) is 6.88. The van der Waals surface area contributed by atoms with Crippen molar-refractivity contribution in [2.75, 3.05) is 0 Å². The summed E-state index contributed by atoms with van der Waals surface area (Å²) in [5, 5.41) is 20.9. The lowest BCUT2D eigenvalue weighted by Gasteiger charge is -1.95. The highest BCUT2D eigenvalue weighted by Gasteiger charge is 2.09. The highest BCUT2D eigenvalue weighted by atomic mass is 16.6. The van der Waals surface area contributed by atoms with Crippen LogP contribution in [0.4, 0.5) is 0 Å². The van der Waals surface area contributed by atoms with Gasteiger partial charge in [0.1, 0.15) is 0 Å². The first-order valence-electron chi connectivity index (χ1n) is 3.32. The molecule has 0 radical (unpaired) electrons. The van der Waals surface area contributed by atoms with Crippen LogP contribution in [-0.4, -0.2) is 27.8 Å². The van der Waals surface area contributed by atoms with Crippen molar-refractivity contribution >= 4 is 11.6 Å². The molecule has 0 saturated heterocycles. The number of nitro groups is 1. The van der Waals surface area contributed by atoms with E-state index in [9.17, 15) is 14.9 Å². The number of primary amides is 1. The normalized spacial score (nSPS) is 14.4. The summed E-state index contributed by atoms with van der Waals surface area (Å²) in [7, 11) is 0. The van der Waals surface area contributed by atoms with Gasteiger partial charge < -0.3 is 10.9 Å². The van der Waals surface area contributed by atoms with Gasteiger partial charge in [-0.2, -0.15) is 0 Å². The van der Waals surface area contributed by atoms with Gasteiger partial charge in [-0.05, 0) is 12.2 Å². The number of oxime groups is 1. The summed E-state index contributed by atoms with van der Waals surface area (Å²) in [5.41, 5.74) is 4.34. The van der Waals surface area contributed by atoms with Gasteiger partial charge in [-0.3, -0.25) is 14.9 Å². The third kappa shape index (κ3) is 3.85. The van der Waals surface area contributed by atoms with Crippen LogP contribution < -0.4 is 5.73 Å². The Morgan fingerprint density at radius 1 is 1.77 bits per heavy atom. The largest absolute Gasteiger partial charge is 0.410 e. The van der Waals surface area contributed by atoms with E-state index in [-0.39, 0.29) is 0 Å². The number of nitrogens with two attached hydrogens (primary N) is 1. The second-order valence-corrected chi connectivity index (χ2v) is 2.23. The fourth-order valence-corrected chi connectivity index (χ4v) is 0.465. The molecular weight excluding hydrogens is 178 g/mol. The van der Waals surface area contributed by atoms with E-state index in [1.165, 1.54) is 6.92 Å². The first-order chi connectivity index (χ1) is 5.99. The molecule has 0 aromatic carbocycles. The lowest BCUT2D eigenvalue weighted by Crippen LogP contribution is -2.22. The number of carbonyl (C=O) groups is 1. The Kier molecular flexibility index (Phi) is 4.14. The van der Waals surface area contributed by atoms with Crippen LogP contribution in [-0.2, 0) is 4.79 Å². The van der Waals surface area contributed by atoms with Gasteiger partial charge in [0.25, 0.3) is 5.91 Å². The van der Waals surface area contributed by atoms with Crippen LogP contribution in [0.1, 0.15) is 6.92 Å². The van der Waals surface area contributed by atoms with E-state index in [1.807, 2.05) is 0 Å². The maximum absolute atomic E-state index is 10.4. The van der Waals surface area contributed by atoms with Crippen LogP contribution in [0, 0.1) is 10.1 Å². The Morgan fingerprint density at radius 3 is 2.62 bits per heavy atom. The average Bonchev–Trinajstić information content (AvgIpc) is 2.04. The predicted octanol–water partition coefficient (Wildman–Crippen LogP) is -0.477. The smallest absolute Gasteiger partial charge is 0.270 e. The molecule has 1 atom stereocenters. The lowest BCUT2D eigenvalue weighted by atomic mass is 10.2. The quantitative estimate of drug-likeness (QED) is 0.267. The van der Waals surface area contributed by atoms with Gasteiger partial charge in [-0.25, -0.2) is 0 Å². The third-order valence-electron chi connectivity index (χ3n) is 1.23. The number of hydrogen-bond donors (Lipinski definition) is 2. The van der Waals surface area contributed by atoms with Crippen LogP contribution in [0.5, 0.6) is 0 Å². The Balaban J connectivity index is 4.42. The Morgan fingerprint density at radius 2 is 2.31 bits per heavy atom. The molecule has 0 aliphatic heterocycles. The van der Waals surface area contributed by atoms with Crippen molar-refractivity contribution in [3.05, 3.63) is 22.3 Å². The number of amides is 1. The molecule has 3 N–H and O–H groups in total. The molecule has 7 heteroatoms. The summed E-state index contributed by atoms with van der Waals surface area (Å²) in [6.07, 6.45) is 2.09. The second kappa shape index (κ2) is 4.86. The molecule has 0 heterocycles. The molecule has 72 valence electrons. The molecule has 1 unspecified atom stereocenters. The zero-order chi connectivity index (χ0) is 10.4. The third-order valence-corrected chi connectivity index (χ3v) is 1.23. The highest BCUT2D eigenvalue weighted by Crippen LogP contribution is 1.91. The van der Waals surface area contributed by atoms with Crippen LogP contribution in [0.3, 0.4) is 0 Å². The number of carbonyl (C=O) groups excluding carboxylic acids is 1. The van der Waals surface area contributed by atoms with Crippen molar-refractivity contribution in [3.8, 4) is 0 Å². The molecule has 0 rings (SSSR count). The van der Waals surface area contributed by atoms with Crippen LogP contribution in [0.2, 0.25) is 0 Å². The molecule has 0 aromatic heterocycles. The number of rotatable bonds is 4. The summed E-state index contributed by atoms with van der Waals surface area (Å²) in [4.78, 5) is 20.0. The fourth-order valence-electron chi connectivity index (χ4n) is 0.465. The molecule has 0 bridgehead atoms. The molecule has 0 spiro atoms. The van der Waals surface area contributed by atoms with Crippen molar-refractivity contribution in [1.82, 2.24) is 0 Å².